The molecule has 7 nitrogen and oxygen atoms in total. The van der Waals surface area contributed by atoms with Gasteiger partial charge in [0.25, 0.3) is 5.91 Å². The van der Waals surface area contributed by atoms with E-state index in [9.17, 15) is 9.59 Å². The summed E-state index contributed by atoms with van der Waals surface area (Å²) < 4.78 is 4.95. The zero-order valence-electron chi connectivity index (χ0n) is 15.5. The Labute approximate surface area is 163 Å². The van der Waals surface area contributed by atoms with E-state index in [1.165, 1.54) is 0 Å². The molecule has 3 N–H and O–H groups in total. The van der Waals surface area contributed by atoms with E-state index in [0.717, 1.165) is 5.69 Å². The van der Waals surface area contributed by atoms with Crippen LogP contribution in [-0.2, 0) is 4.74 Å². The summed E-state index contributed by atoms with van der Waals surface area (Å²) in [4.78, 5) is 26.5. The molecule has 0 aromatic heterocycles. The third kappa shape index (κ3) is 6.16. The number of nitrogens with zero attached hydrogens (tertiary/aromatic N) is 1. The molecule has 0 spiro atoms. The molecule has 0 radical (unpaired) electrons. The second kappa shape index (κ2) is 9.80. The molecular weight excluding hydrogens is 368 g/mol. The number of hydrogen-bond donors (Lipinski definition) is 3. The van der Waals surface area contributed by atoms with Crippen LogP contribution in [0.4, 0.5) is 21.9 Å². The summed E-state index contributed by atoms with van der Waals surface area (Å²) in [6.45, 7) is 0.818. The van der Waals surface area contributed by atoms with Gasteiger partial charge >= 0.3 is 6.03 Å². The maximum atomic E-state index is 12.5. The van der Waals surface area contributed by atoms with Gasteiger partial charge in [-0.05, 0) is 36.4 Å². The molecule has 2 aromatic carbocycles. The van der Waals surface area contributed by atoms with Crippen LogP contribution in [0.25, 0.3) is 0 Å². The standard InChI is InChI=1S/C19H23ClN4O3/c1-24(2)17-8-7-15(12-16(17)18(25)21-9-10-27-3)23-19(26)22-14-6-4-5-13(20)11-14/h4-8,11-12H,9-10H2,1-3H3,(H,21,25)(H2,22,23,26). The van der Waals surface area contributed by atoms with Gasteiger partial charge in [0.2, 0.25) is 0 Å². The maximum Gasteiger partial charge on any atom is 0.323 e. The predicted octanol–water partition coefficient (Wildman–Crippen LogP) is 3.43. The highest BCUT2D eigenvalue weighted by Crippen LogP contribution is 2.23. The normalized spacial score (nSPS) is 10.2. The van der Waals surface area contributed by atoms with E-state index in [-0.39, 0.29) is 5.91 Å². The van der Waals surface area contributed by atoms with Crippen molar-refractivity contribution in [2.75, 3.05) is 49.9 Å². The number of carbonyl (C=O) groups is 2. The first kappa shape index (κ1) is 20.5. The van der Waals surface area contributed by atoms with Gasteiger partial charge in [-0.2, -0.15) is 0 Å². The second-order valence-electron chi connectivity index (χ2n) is 5.96. The predicted molar refractivity (Wildman–Crippen MR) is 109 cm³/mol. The lowest BCUT2D eigenvalue weighted by atomic mass is 10.1. The van der Waals surface area contributed by atoms with Crippen LogP contribution < -0.4 is 20.9 Å². The summed E-state index contributed by atoms with van der Waals surface area (Å²) in [5.41, 5.74) is 2.27. The summed E-state index contributed by atoms with van der Waals surface area (Å²) in [6.07, 6.45) is 0. The van der Waals surface area contributed by atoms with Crippen molar-refractivity contribution in [3.8, 4) is 0 Å². The molecule has 8 heteroatoms. The minimum atomic E-state index is -0.430. The van der Waals surface area contributed by atoms with Crippen LogP contribution in [0.1, 0.15) is 10.4 Å². The minimum absolute atomic E-state index is 0.241. The smallest absolute Gasteiger partial charge is 0.323 e. The Balaban J connectivity index is 2.13. The van der Waals surface area contributed by atoms with Crippen molar-refractivity contribution in [2.45, 2.75) is 0 Å². The average molecular weight is 391 g/mol. The lowest BCUT2D eigenvalue weighted by Crippen LogP contribution is -2.29. The van der Waals surface area contributed by atoms with E-state index in [2.05, 4.69) is 16.0 Å². The van der Waals surface area contributed by atoms with Crippen LogP contribution in [0.3, 0.4) is 0 Å². The molecule has 0 bridgehead atoms. The monoisotopic (exact) mass is 390 g/mol. The fourth-order valence-corrected chi connectivity index (χ4v) is 2.60. The highest BCUT2D eigenvalue weighted by molar-refractivity contribution is 6.30. The number of ether oxygens (including phenoxy) is 1. The van der Waals surface area contributed by atoms with Crippen molar-refractivity contribution in [1.82, 2.24) is 5.32 Å². The van der Waals surface area contributed by atoms with Gasteiger partial charge in [0, 0.05) is 49.8 Å². The van der Waals surface area contributed by atoms with E-state index in [1.54, 1.807) is 49.6 Å². The van der Waals surface area contributed by atoms with Crippen LogP contribution in [-0.4, -0.2) is 46.3 Å². The first-order valence-electron chi connectivity index (χ1n) is 8.33. The van der Waals surface area contributed by atoms with Crippen LogP contribution in [0.15, 0.2) is 42.5 Å². The van der Waals surface area contributed by atoms with Crippen molar-refractivity contribution in [3.05, 3.63) is 53.1 Å². The Morgan fingerprint density at radius 1 is 1.07 bits per heavy atom. The third-order valence-electron chi connectivity index (χ3n) is 3.66. The van der Waals surface area contributed by atoms with E-state index in [1.807, 2.05) is 19.0 Å². The summed E-state index contributed by atoms with van der Waals surface area (Å²) in [7, 11) is 5.26. The largest absolute Gasteiger partial charge is 0.383 e. The lowest BCUT2D eigenvalue weighted by Gasteiger charge is -2.18. The van der Waals surface area contributed by atoms with Crippen LogP contribution in [0, 0.1) is 0 Å². The fourth-order valence-electron chi connectivity index (χ4n) is 2.41. The number of urea groups is 1. The molecule has 0 aliphatic heterocycles. The lowest BCUT2D eigenvalue weighted by molar-refractivity contribution is 0.0937. The summed E-state index contributed by atoms with van der Waals surface area (Å²) in [6, 6.07) is 11.6. The first-order valence-corrected chi connectivity index (χ1v) is 8.70. The number of benzene rings is 2. The topological polar surface area (TPSA) is 82.7 Å². The Hall–Kier alpha value is -2.77. The van der Waals surface area contributed by atoms with Gasteiger partial charge in [0.15, 0.2) is 0 Å². The molecule has 0 unspecified atom stereocenters. The van der Waals surface area contributed by atoms with Crippen LogP contribution >= 0.6 is 11.6 Å². The van der Waals surface area contributed by atoms with Gasteiger partial charge < -0.3 is 25.6 Å². The van der Waals surface area contributed by atoms with Crippen molar-refractivity contribution < 1.29 is 14.3 Å². The zero-order chi connectivity index (χ0) is 19.8. The number of anilines is 3. The quantitative estimate of drug-likeness (QED) is 0.632. The van der Waals surface area contributed by atoms with Crippen molar-refractivity contribution in [3.63, 3.8) is 0 Å². The van der Waals surface area contributed by atoms with E-state index >= 15 is 0 Å². The number of rotatable bonds is 7. The van der Waals surface area contributed by atoms with E-state index < -0.39 is 6.03 Å². The van der Waals surface area contributed by atoms with Crippen molar-refractivity contribution in [1.29, 1.82) is 0 Å². The van der Waals surface area contributed by atoms with Crippen LogP contribution in [0.5, 0.6) is 0 Å². The van der Waals surface area contributed by atoms with E-state index in [4.69, 9.17) is 16.3 Å². The molecule has 144 valence electrons. The van der Waals surface area contributed by atoms with E-state index in [0.29, 0.717) is 35.1 Å². The minimum Gasteiger partial charge on any atom is -0.383 e. The number of halogens is 1. The number of amides is 3. The molecule has 0 aliphatic carbocycles. The van der Waals surface area contributed by atoms with Gasteiger partial charge in [-0.3, -0.25) is 4.79 Å². The Kier molecular flexibility index (Phi) is 7.45. The Morgan fingerprint density at radius 2 is 1.78 bits per heavy atom. The molecule has 0 aliphatic rings. The molecule has 3 amide bonds. The van der Waals surface area contributed by atoms with Crippen molar-refractivity contribution >= 4 is 40.6 Å². The summed E-state index contributed by atoms with van der Waals surface area (Å²) in [5, 5.41) is 8.73. The van der Waals surface area contributed by atoms with Gasteiger partial charge in [-0.1, -0.05) is 17.7 Å². The maximum absolute atomic E-state index is 12.5. The number of hydrogen-bond acceptors (Lipinski definition) is 4. The Morgan fingerprint density at radius 3 is 2.41 bits per heavy atom. The SMILES string of the molecule is COCCNC(=O)c1cc(NC(=O)Nc2cccc(Cl)c2)ccc1N(C)C. The molecule has 0 fully saturated rings. The van der Waals surface area contributed by atoms with Gasteiger partial charge in [-0.15, -0.1) is 0 Å². The number of methoxy groups -OCH3 is 1. The fraction of sp³-hybridized carbons (Fsp3) is 0.263. The average Bonchev–Trinajstić information content (AvgIpc) is 2.61. The molecule has 0 saturated heterocycles. The van der Waals surface area contributed by atoms with Gasteiger partial charge in [0.1, 0.15) is 0 Å². The molecule has 2 aromatic rings. The molecule has 2 rings (SSSR count). The molecular formula is C19H23ClN4O3. The van der Waals surface area contributed by atoms with Crippen LogP contribution in [0.2, 0.25) is 5.02 Å². The highest BCUT2D eigenvalue weighted by Gasteiger charge is 2.14. The molecule has 27 heavy (non-hydrogen) atoms. The first-order chi connectivity index (χ1) is 12.9. The zero-order valence-corrected chi connectivity index (χ0v) is 16.3. The summed E-state index contributed by atoms with van der Waals surface area (Å²) in [5.74, 6) is -0.241. The molecule has 0 atom stereocenters. The highest BCUT2D eigenvalue weighted by atomic mass is 35.5. The summed E-state index contributed by atoms with van der Waals surface area (Å²) >= 11 is 5.91. The van der Waals surface area contributed by atoms with Gasteiger partial charge in [-0.25, -0.2) is 4.79 Å². The Bertz CT molecular complexity index is 811. The second-order valence-corrected chi connectivity index (χ2v) is 6.40. The number of carbonyl (C=O) groups excluding carboxylic acids is 2. The van der Waals surface area contributed by atoms with Crippen molar-refractivity contribution in [2.24, 2.45) is 0 Å². The molecule has 0 saturated carbocycles. The number of nitrogens with one attached hydrogen (secondary N) is 3. The molecule has 0 heterocycles. The third-order valence-corrected chi connectivity index (χ3v) is 3.89. The van der Waals surface area contributed by atoms with Gasteiger partial charge in [0.05, 0.1) is 12.2 Å².